The lowest BCUT2D eigenvalue weighted by Gasteiger charge is -2.23. The molecule has 0 saturated heterocycles. The lowest BCUT2D eigenvalue weighted by Crippen LogP contribution is -2.38. The monoisotopic (exact) mass is 315 g/mol. The van der Waals surface area contributed by atoms with Gasteiger partial charge >= 0.3 is 0 Å². The van der Waals surface area contributed by atoms with Crippen molar-refractivity contribution in [2.45, 2.75) is 17.9 Å². The normalized spacial score (nSPS) is 15.6. The fraction of sp³-hybridized carbons (Fsp3) is 0.417. The molecule has 0 aromatic carbocycles. The van der Waals surface area contributed by atoms with Crippen LogP contribution in [-0.2, 0) is 20.8 Å². The molecule has 2 aromatic rings. The Bertz CT molecular complexity index is 739. The molecule has 0 saturated carbocycles. The molecule has 8 heteroatoms. The zero-order valence-corrected chi connectivity index (χ0v) is 13.2. The molecule has 0 aliphatic rings. The Balaban J connectivity index is 2.42. The topological polar surface area (TPSA) is 83.1 Å². The van der Waals surface area contributed by atoms with Crippen LogP contribution in [0.5, 0.6) is 0 Å². The van der Waals surface area contributed by atoms with E-state index in [1.165, 1.54) is 17.5 Å². The summed E-state index contributed by atoms with van der Waals surface area (Å²) in [4.78, 5) is 7.12. The number of hydrogen-bond donors (Lipinski definition) is 1. The Morgan fingerprint density at radius 1 is 1.50 bits per heavy atom. The average Bonchev–Trinajstić information content (AvgIpc) is 2.81. The van der Waals surface area contributed by atoms with E-state index in [4.69, 9.17) is 0 Å². The second-order valence-electron chi connectivity index (χ2n) is 4.66. The molecule has 0 radical (unpaired) electrons. The van der Waals surface area contributed by atoms with E-state index in [9.17, 15) is 12.6 Å². The van der Waals surface area contributed by atoms with Gasteiger partial charge in [-0.25, -0.2) is 13.4 Å². The lowest BCUT2D eigenvalue weighted by atomic mass is 10.3. The first kappa shape index (κ1) is 15.1. The predicted molar refractivity (Wildman–Crippen MR) is 79.4 cm³/mol. The summed E-state index contributed by atoms with van der Waals surface area (Å²) in [6, 6.07) is 3.06. The van der Waals surface area contributed by atoms with Crippen molar-refractivity contribution in [3.63, 3.8) is 0 Å². The summed E-state index contributed by atoms with van der Waals surface area (Å²) in [6.07, 6.45) is 4.60. The molecule has 0 bridgehead atoms. The van der Waals surface area contributed by atoms with Crippen LogP contribution in [0.2, 0.25) is 0 Å². The highest BCUT2D eigenvalue weighted by Gasteiger charge is 2.28. The number of nitrogens with one attached hydrogen (secondary N) is 1. The molecule has 0 aliphatic carbocycles. The molecular weight excluding hydrogens is 298 g/mol. The number of fused-ring (bicyclic) bond motifs is 1. The number of aromatic amines is 1. The van der Waals surface area contributed by atoms with Gasteiger partial charge in [0.1, 0.15) is 10.5 Å². The summed E-state index contributed by atoms with van der Waals surface area (Å²) in [5.74, 6) is 0.302. The molecule has 2 unspecified atom stereocenters. The number of nitrogens with zero attached hydrogens (tertiary/aromatic N) is 2. The second kappa shape index (κ2) is 5.63. The minimum absolute atomic E-state index is 0.192. The second-order valence-corrected chi connectivity index (χ2v) is 8.11. The number of rotatable bonds is 5. The SMILES string of the molecule is CC(CS(C)=O)N(C)S(=O)(=O)c1c[nH]c2ncccc12. The molecule has 0 amide bonds. The van der Waals surface area contributed by atoms with Crippen molar-refractivity contribution >= 4 is 31.9 Å². The molecule has 2 atom stereocenters. The Kier molecular flexibility index (Phi) is 4.26. The third-order valence-corrected chi connectivity index (χ3v) is 6.13. The highest BCUT2D eigenvalue weighted by Crippen LogP contribution is 2.24. The molecule has 0 aliphatic heterocycles. The van der Waals surface area contributed by atoms with Gasteiger partial charge in [-0.2, -0.15) is 4.31 Å². The van der Waals surface area contributed by atoms with Crippen molar-refractivity contribution in [1.82, 2.24) is 14.3 Å². The molecule has 2 heterocycles. The van der Waals surface area contributed by atoms with Crippen LogP contribution in [0, 0.1) is 0 Å². The summed E-state index contributed by atoms with van der Waals surface area (Å²) in [5, 5.41) is 0.559. The van der Waals surface area contributed by atoms with Crippen LogP contribution in [0.3, 0.4) is 0 Å². The molecule has 2 aromatic heterocycles. The molecule has 20 heavy (non-hydrogen) atoms. The standard InChI is InChI=1S/C12H17N3O3S2/c1-9(8-19(3)16)15(2)20(17,18)11-7-14-12-10(11)5-4-6-13-12/h4-7,9H,8H2,1-3H3,(H,13,14). The number of hydrogen-bond acceptors (Lipinski definition) is 4. The van der Waals surface area contributed by atoms with Gasteiger partial charge < -0.3 is 4.98 Å². The summed E-state index contributed by atoms with van der Waals surface area (Å²) in [6.45, 7) is 1.74. The Morgan fingerprint density at radius 3 is 2.85 bits per heavy atom. The maximum Gasteiger partial charge on any atom is 0.245 e. The van der Waals surface area contributed by atoms with Crippen molar-refractivity contribution in [3.8, 4) is 0 Å². The maximum absolute atomic E-state index is 12.6. The highest BCUT2D eigenvalue weighted by molar-refractivity contribution is 7.89. The largest absolute Gasteiger partial charge is 0.345 e. The molecule has 0 spiro atoms. The number of aromatic nitrogens is 2. The van der Waals surface area contributed by atoms with Gasteiger partial charge in [-0.3, -0.25) is 4.21 Å². The third-order valence-electron chi connectivity index (χ3n) is 3.17. The van der Waals surface area contributed by atoms with E-state index in [2.05, 4.69) is 9.97 Å². The van der Waals surface area contributed by atoms with Crippen LogP contribution in [0.25, 0.3) is 11.0 Å². The van der Waals surface area contributed by atoms with E-state index in [1.54, 1.807) is 31.5 Å². The van der Waals surface area contributed by atoms with Gasteiger partial charge in [0.05, 0.1) is 0 Å². The summed E-state index contributed by atoms with van der Waals surface area (Å²) in [5.41, 5.74) is 0.534. The molecular formula is C12H17N3O3S2. The van der Waals surface area contributed by atoms with Crippen LogP contribution in [0.4, 0.5) is 0 Å². The quantitative estimate of drug-likeness (QED) is 0.890. The first-order valence-electron chi connectivity index (χ1n) is 6.04. The van der Waals surface area contributed by atoms with Crippen molar-refractivity contribution in [2.24, 2.45) is 0 Å². The molecule has 110 valence electrons. The fourth-order valence-electron chi connectivity index (χ4n) is 1.98. The van der Waals surface area contributed by atoms with Gasteiger partial charge in [0, 0.05) is 53.7 Å². The van der Waals surface area contributed by atoms with Gasteiger partial charge in [-0.05, 0) is 19.1 Å². The molecule has 0 fully saturated rings. The average molecular weight is 315 g/mol. The number of H-pyrrole nitrogens is 1. The van der Waals surface area contributed by atoms with Gasteiger partial charge in [0.2, 0.25) is 10.0 Å². The van der Waals surface area contributed by atoms with E-state index in [1.807, 2.05) is 0 Å². The Hall–Kier alpha value is -1.25. The van der Waals surface area contributed by atoms with Gasteiger partial charge in [0.25, 0.3) is 0 Å². The van der Waals surface area contributed by atoms with Gasteiger partial charge in [-0.15, -0.1) is 0 Å². The first-order valence-corrected chi connectivity index (χ1v) is 9.21. The van der Waals surface area contributed by atoms with Crippen molar-refractivity contribution in [1.29, 1.82) is 0 Å². The van der Waals surface area contributed by atoms with Crippen LogP contribution in [-0.4, -0.2) is 52.0 Å². The minimum atomic E-state index is -3.64. The maximum atomic E-state index is 12.6. The van der Waals surface area contributed by atoms with E-state index in [-0.39, 0.29) is 10.9 Å². The highest BCUT2D eigenvalue weighted by atomic mass is 32.2. The minimum Gasteiger partial charge on any atom is -0.345 e. The van der Waals surface area contributed by atoms with E-state index >= 15 is 0 Å². The zero-order valence-electron chi connectivity index (χ0n) is 11.5. The van der Waals surface area contributed by atoms with Crippen molar-refractivity contribution < 1.29 is 12.6 Å². The third kappa shape index (κ3) is 2.77. The fourth-order valence-corrected chi connectivity index (χ4v) is 4.49. The van der Waals surface area contributed by atoms with E-state index in [0.717, 1.165) is 0 Å². The zero-order chi connectivity index (χ0) is 14.9. The first-order chi connectivity index (χ1) is 9.34. The summed E-state index contributed by atoms with van der Waals surface area (Å²) < 4.78 is 37.7. The number of pyridine rings is 1. The van der Waals surface area contributed by atoms with Crippen LogP contribution >= 0.6 is 0 Å². The predicted octanol–water partition coefficient (Wildman–Crippen LogP) is 0.950. The smallest absolute Gasteiger partial charge is 0.245 e. The Morgan fingerprint density at radius 2 is 2.20 bits per heavy atom. The van der Waals surface area contributed by atoms with Crippen molar-refractivity contribution in [3.05, 3.63) is 24.5 Å². The number of sulfonamides is 1. The molecule has 1 N–H and O–H groups in total. The van der Waals surface area contributed by atoms with Crippen LogP contribution in [0.15, 0.2) is 29.4 Å². The molecule has 6 nitrogen and oxygen atoms in total. The molecule has 2 rings (SSSR count). The van der Waals surface area contributed by atoms with Gasteiger partial charge in [0.15, 0.2) is 0 Å². The van der Waals surface area contributed by atoms with E-state index in [0.29, 0.717) is 16.8 Å². The lowest BCUT2D eigenvalue weighted by molar-refractivity contribution is 0.414. The van der Waals surface area contributed by atoms with Crippen molar-refractivity contribution in [2.75, 3.05) is 19.1 Å². The Labute approximate surface area is 120 Å². The van der Waals surface area contributed by atoms with Crippen LogP contribution < -0.4 is 0 Å². The summed E-state index contributed by atoms with van der Waals surface area (Å²) in [7, 11) is -3.19. The van der Waals surface area contributed by atoms with Crippen LogP contribution in [0.1, 0.15) is 6.92 Å². The van der Waals surface area contributed by atoms with Gasteiger partial charge in [-0.1, -0.05) is 0 Å². The van der Waals surface area contributed by atoms with E-state index < -0.39 is 20.8 Å². The summed E-state index contributed by atoms with van der Waals surface area (Å²) >= 11 is 0.